The monoisotopic (exact) mass is 515 g/mol. The number of amides is 1. The number of nitrogens with one attached hydrogen (secondary N) is 2. The number of aryl methyl sites for hydroxylation is 1. The molecule has 0 unspecified atom stereocenters. The van der Waals surface area contributed by atoms with Crippen molar-refractivity contribution in [3.05, 3.63) is 67.5 Å². The Labute approximate surface area is 224 Å². The van der Waals surface area contributed by atoms with Crippen LogP contribution in [0.15, 0.2) is 67.5 Å². The molecule has 0 spiro atoms. The van der Waals surface area contributed by atoms with E-state index in [1.54, 1.807) is 19.4 Å². The van der Waals surface area contributed by atoms with Gasteiger partial charge in [-0.15, -0.1) is 6.58 Å². The van der Waals surface area contributed by atoms with Gasteiger partial charge in [-0.3, -0.25) is 4.79 Å². The van der Waals surface area contributed by atoms with Crippen molar-refractivity contribution >= 4 is 40.3 Å². The number of para-hydroxylation sites is 1. The van der Waals surface area contributed by atoms with E-state index in [0.717, 1.165) is 40.9 Å². The van der Waals surface area contributed by atoms with Gasteiger partial charge in [-0.25, -0.2) is 9.97 Å². The van der Waals surface area contributed by atoms with Gasteiger partial charge in [0, 0.05) is 62.1 Å². The lowest BCUT2D eigenvalue weighted by Crippen LogP contribution is -2.29. The van der Waals surface area contributed by atoms with Gasteiger partial charge in [0.05, 0.1) is 29.9 Å². The molecule has 38 heavy (non-hydrogen) atoms. The quantitative estimate of drug-likeness (QED) is 0.223. The van der Waals surface area contributed by atoms with Crippen LogP contribution in [0.25, 0.3) is 22.2 Å². The van der Waals surface area contributed by atoms with Crippen molar-refractivity contribution in [3.63, 3.8) is 0 Å². The summed E-state index contributed by atoms with van der Waals surface area (Å²) in [5, 5.41) is 7.20. The molecule has 0 radical (unpaired) electrons. The average molecular weight is 516 g/mol. The summed E-state index contributed by atoms with van der Waals surface area (Å²) in [6.45, 7) is 6.90. The molecule has 2 aromatic carbocycles. The zero-order valence-electron chi connectivity index (χ0n) is 23.0. The molecule has 200 valence electrons. The Hall–Kier alpha value is -4.37. The number of nitrogens with zero attached hydrogens (tertiary/aromatic N) is 5. The maximum Gasteiger partial charge on any atom is 0.227 e. The van der Waals surface area contributed by atoms with E-state index >= 15 is 0 Å². The number of aromatic nitrogens is 3. The molecule has 0 aliphatic heterocycles. The highest BCUT2D eigenvalue weighted by Crippen LogP contribution is 2.38. The molecule has 9 nitrogen and oxygen atoms in total. The number of hydrogen-bond donors (Lipinski definition) is 2. The molecule has 2 aromatic heterocycles. The highest BCUT2D eigenvalue weighted by atomic mass is 16.5. The second-order valence-corrected chi connectivity index (χ2v) is 9.03. The van der Waals surface area contributed by atoms with Crippen LogP contribution in [0.4, 0.5) is 23.0 Å². The molecule has 4 rings (SSSR count). The molecule has 0 aliphatic rings. The Morgan fingerprint density at radius 3 is 2.53 bits per heavy atom. The lowest BCUT2D eigenvalue weighted by Gasteiger charge is -2.25. The summed E-state index contributed by atoms with van der Waals surface area (Å²) < 4.78 is 7.76. The van der Waals surface area contributed by atoms with Crippen molar-refractivity contribution in [1.29, 1.82) is 0 Å². The summed E-state index contributed by atoms with van der Waals surface area (Å²) in [6, 6.07) is 13.9. The number of benzene rings is 2. The maximum atomic E-state index is 11.3. The number of rotatable bonds is 10. The van der Waals surface area contributed by atoms with Gasteiger partial charge in [-0.2, -0.15) is 0 Å². The van der Waals surface area contributed by atoms with E-state index in [2.05, 4.69) is 54.9 Å². The third-order valence-corrected chi connectivity index (χ3v) is 5.90. The molecule has 0 fully saturated rings. The number of carbonyl (C=O) groups is 1. The molecule has 0 atom stereocenters. The van der Waals surface area contributed by atoms with Crippen LogP contribution in [0.3, 0.4) is 0 Å². The minimum Gasteiger partial charge on any atom is -0.494 e. The van der Waals surface area contributed by atoms with Gasteiger partial charge in [0.2, 0.25) is 12.4 Å². The van der Waals surface area contributed by atoms with E-state index in [9.17, 15) is 4.79 Å². The Balaban J connectivity index is 0.00000127. The van der Waals surface area contributed by atoms with Crippen LogP contribution >= 0.6 is 0 Å². The first-order valence-electron chi connectivity index (χ1n) is 12.3. The van der Waals surface area contributed by atoms with Gasteiger partial charge >= 0.3 is 0 Å². The van der Waals surface area contributed by atoms with Crippen molar-refractivity contribution in [3.8, 4) is 17.0 Å². The fraction of sp³-hybridized carbons (Fsp3) is 0.276. The van der Waals surface area contributed by atoms with E-state index in [4.69, 9.17) is 9.72 Å². The molecule has 2 heterocycles. The number of ether oxygens (including phenoxy) is 1. The van der Waals surface area contributed by atoms with E-state index < -0.39 is 0 Å². The average Bonchev–Trinajstić information content (AvgIpc) is 3.25. The lowest BCUT2D eigenvalue weighted by atomic mass is 10.1. The predicted octanol–water partition coefficient (Wildman–Crippen LogP) is 5.15. The van der Waals surface area contributed by atoms with Crippen LogP contribution in [-0.2, 0) is 11.8 Å². The van der Waals surface area contributed by atoms with Gasteiger partial charge in [-0.05, 0) is 39.2 Å². The van der Waals surface area contributed by atoms with Gasteiger partial charge in [-0.1, -0.05) is 24.3 Å². The van der Waals surface area contributed by atoms with Crippen molar-refractivity contribution in [2.24, 2.45) is 7.05 Å². The van der Waals surface area contributed by atoms with Crippen LogP contribution in [0.1, 0.15) is 6.92 Å². The third-order valence-electron chi connectivity index (χ3n) is 5.90. The minimum absolute atomic E-state index is 0.430. The number of allylic oxidation sites excluding steroid dienone is 1. The zero-order valence-corrected chi connectivity index (χ0v) is 23.0. The summed E-state index contributed by atoms with van der Waals surface area (Å²) in [4.78, 5) is 24.7. The first-order valence-corrected chi connectivity index (χ1v) is 12.3. The minimum atomic E-state index is 0.430. The molecule has 0 saturated carbocycles. The molecule has 0 bridgehead atoms. The van der Waals surface area contributed by atoms with Crippen molar-refractivity contribution < 1.29 is 9.53 Å². The number of likely N-dealkylation sites (N-methyl/N-ethyl adjacent to an activating group) is 2. The first kappa shape index (κ1) is 28.2. The van der Waals surface area contributed by atoms with Gasteiger partial charge in [0.15, 0.2) is 0 Å². The Morgan fingerprint density at radius 1 is 1.11 bits per heavy atom. The number of methoxy groups -OCH3 is 1. The molecule has 2 N–H and O–H groups in total. The normalized spacial score (nSPS) is 10.5. The van der Waals surface area contributed by atoms with Crippen LogP contribution in [-0.4, -0.2) is 67.2 Å². The highest BCUT2D eigenvalue weighted by Gasteiger charge is 2.16. The summed E-state index contributed by atoms with van der Waals surface area (Å²) >= 11 is 0. The van der Waals surface area contributed by atoms with Gasteiger partial charge in [0.25, 0.3) is 0 Å². The molecule has 0 saturated heterocycles. The van der Waals surface area contributed by atoms with Crippen molar-refractivity contribution in [1.82, 2.24) is 19.4 Å². The summed E-state index contributed by atoms with van der Waals surface area (Å²) in [5.41, 5.74) is 5.14. The maximum absolute atomic E-state index is 11.3. The number of hydrogen-bond acceptors (Lipinski definition) is 7. The van der Waals surface area contributed by atoms with E-state index in [-0.39, 0.29) is 0 Å². The Kier molecular flexibility index (Phi) is 9.84. The van der Waals surface area contributed by atoms with Crippen LogP contribution < -0.4 is 20.3 Å². The smallest absolute Gasteiger partial charge is 0.227 e. The summed E-state index contributed by atoms with van der Waals surface area (Å²) in [5.74, 6) is 1.05. The number of carbonyl (C=O) groups excluding carboxylic acids is 1. The molecule has 0 aliphatic carbocycles. The molecule has 4 aromatic rings. The topological polar surface area (TPSA) is 87.5 Å². The number of anilines is 4. The van der Waals surface area contributed by atoms with Crippen molar-refractivity contribution in [2.45, 2.75) is 6.92 Å². The lowest BCUT2D eigenvalue weighted by molar-refractivity contribution is -0.105. The van der Waals surface area contributed by atoms with Crippen LogP contribution in [0, 0.1) is 0 Å². The zero-order chi connectivity index (χ0) is 27.7. The van der Waals surface area contributed by atoms with E-state index in [1.165, 1.54) is 0 Å². The van der Waals surface area contributed by atoms with E-state index in [0.29, 0.717) is 29.5 Å². The highest BCUT2D eigenvalue weighted by molar-refractivity contribution is 5.95. The van der Waals surface area contributed by atoms with E-state index in [1.807, 2.05) is 65.4 Å². The van der Waals surface area contributed by atoms with Gasteiger partial charge in [0.1, 0.15) is 5.75 Å². The molecule has 9 heteroatoms. The van der Waals surface area contributed by atoms with Crippen LogP contribution in [0.2, 0.25) is 0 Å². The number of fused-ring (bicyclic) bond motifs is 1. The second-order valence-electron chi connectivity index (χ2n) is 9.03. The largest absolute Gasteiger partial charge is 0.494 e. The summed E-state index contributed by atoms with van der Waals surface area (Å²) in [6.07, 6.45) is 6.22. The molecular formula is C29H37N7O2. The second kappa shape index (κ2) is 13.3. The first-order chi connectivity index (χ1) is 18.3. The fourth-order valence-electron chi connectivity index (χ4n) is 4.04. The third kappa shape index (κ3) is 6.68. The fourth-order valence-corrected chi connectivity index (χ4v) is 4.04. The van der Waals surface area contributed by atoms with Crippen LogP contribution in [0.5, 0.6) is 5.75 Å². The standard InChI is InChI=1S/C26H31N7O2.C3H6/c1-31(2)12-13-32(3)24-15-25(35-5)22(14-21(24)28-17-34)30-26-27-11-10-20(29-26)19-16-33(4)23-9-7-6-8-18(19)23;1-3-2/h6-11,14-17H,12-13H2,1-5H3,(H,28,34)(H,27,29,30);3H,1H2,2H3. The Morgan fingerprint density at radius 2 is 1.84 bits per heavy atom. The predicted molar refractivity (Wildman–Crippen MR) is 158 cm³/mol. The SMILES string of the molecule is C=CC.COc1cc(N(C)CCN(C)C)c(NC=O)cc1Nc1nccc(-c2cn(C)c3ccccc23)n1. The molecule has 1 amide bonds. The van der Waals surface area contributed by atoms with Gasteiger partial charge < -0.3 is 29.7 Å². The summed E-state index contributed by atoms with van der Waals surface area (Å²) in [7, 11) is 9.68. The Bertz CT molecular complexity index is 1380. The van der Waals surface area contributed by atoms with Crippen molar-refractivity contribution in [2.75, 3.05) is 56.9 Å². The molecular weight excluding hydrogens is 478 g/mol.